The molecule has 1 rings (SSSR count). The molecule has 0 spiro atoms. The van der Waals surface area contributed by atoms with Gasteiger partial charge in [-0.05, 0) is 30.7 Å². The van der Waals surface area contributed by atoms with Crippen LogP contribution in [0.2, 0.25) is 0 Å². The van der Waals surface area contributed by atoms with Crippen molar-refractivity contribution < 1.29 is 18.3 Å². The number of aliphatic hydroxyl groups excluding tert-OH is 1. The molecular weight excluding hydrogens is 292 g/mol. The highest BCUT2D eigenvalue weighted by atomic mass is 32.2. The zero-order chi connectivity index (χ0) is 15.9. The van der Waals surface area contributed by atoms with Crippen LogP contribution < -0.4 is 10.0 Å². The Bertz CT molecular complexity index is 672. The third-order valence-corrected chi connectivity index (χ3v) is 4.19. The summed E-state index contributed by atoms with van der Waals surface area (Å²) < 4.78 is 26.5. The number of hydrogen-bond donors (Lipinski definition) is 3. The first-order valence-corrected chi connectivity index (χ1v) is 7.79. The van der Waals surface area contributed by atoms with Crippen molar-refractivity contribution in [2.24, 2.45) is 0 Å². The predicted molar refractivity (Wildman–Crippen MR) is 79.0 cm³/mol. The van der Waals surface area contributed by atoms with Gasteiger partial charge in [-0.2, -0.15) is 0 Å². The van der Waals surface area contributed by atoms with E-state index in [0.717, 1.165) is 0 Å². The van der Waals surface area contributed by atoms with E-state index < -0.39 is 10.0 Å². The Kier molecular flexibility index (Phi) is 6.37. The number of aliphatic hydroxyl groups is 1. The van der Waals surface area contributed by atoms with E-state index in [0.29, 0.717) is 11.1 Å². The summed E-state index contributed by atoms with van der Waals surface area (Å²) in [5.41, 5.74) is 1.36. The number of amides is 1. The molecular formula is C14H18N2O4S. The van der Waals surface area contributed by atoms with Crippen molar-refractivity contribution in [3.8, 4) is 11.8 Å². The summed E-state index contributed by atoms with van der Waals surface area (Å²) in [6.45, 7) is 1.53. The number of nitrogens with one attached hydrogen (secondary N) is 2. The van der Waals surface area contributed by atoms with Crippen LogP contribution in [0.5, 0.6) is 0 Å². The van der Waals surface area contributed by atoms with Crippen molar-refractivity contribution in [3.63, 3.8) is 0 Å². The largest absolute Gasteiger partial charge is 0.384 e. The van der Waals surface area contributed by atoms with Crippen molar-refractivity contribution in [2.75, 3.05) is 20.2 Å². The van der Waals surface area contributed by atoms with Crippen molar-refractivity contribution in [2.45, 2.75) is 18.2 Å². The van der Waals surface area contributed by atoms with Gasteiger partial charge in [0.25, 0.3) is 0 Å². The molecule has 0 heterocycles. The van der Waals surface area contributed by atoms with Crippen molar-refractivity contribution in [3.05, 3.63) is 29.3 Å². The van der Waals surface area contributed by atoms with E-state index in [1.165, 1.54) is 19.2 Å². The number of aryl methyl sites for hydroxylation is 1. The average molecular weight is 310 g/mol. The molecule has 0 fully saturated rings. The van der Waals surface area contributed by atoms with Gasteiger partial charge in [-0.15, -0.1) is 0 Å². The summed E-state index contributed by atoms with van der Waals surface area (Å²) in [7, 11) is -2.16. The first-order chi connectivity index (χ1) is 9.90. The summed E-state index contributed by atoms with van der Waals surface area (Å²) in [6.07, 6.45) is 0.0781. The fourth-order valence-electron chi connectivity index (χ4n) is 1.59. The fraction of sp³-hybridized carbons (Fsp3) is 0.357. The lowest BCUT2D eigenvalue weighted by atomic mass is 10.1. The first kappa shape index (κ1) is 17.2. The molecule has 1 aromatic carbocycles. The lowest BCUT2D eigenvalue weighted by molar-refractivity contribution is -0.120. The number of sulfonamides is 1. The third-order valence-electron chi connectivity index (χ3n) is 2.73. The van der Waals surface area contributed by atoms with Crippen LogP contribution >= 0.6 is 0 Å². The minimum atomic E-state index is -3.65. The molecule has 7 heteroatoms. The van der Waals surface area contributed by atoms with Crippen LogP contribution in [0.4, 0.5) is 0 Å². The van der Waals surface area contributed by atoms with Gasteiger partial charge in [0.2, 0.25) is 15.9 Å². The van der Waals surface area contributed by atoms with Gasteiger partial charge < -0.3 is 10.4 Å². The molecule has 21 heavy (non-hydrogen) atoms. The molecule has 3 N–H and O–H groups in total. The molecule has 0 bridgehead atoms. The predicted octanol–water partition coefficient (Wildman–Crippen LogP) is -0.247. The maximum Gasteiger partial charge on any atom is 0.240 e. The monoisotopic (exact) mass is 310 g/mol. The number of carbonyl (C=O) groups is 1. The van der Waals surface area contributed by atoms with Gasteiger partial charge in [0.15, 0.2) is 0 Å². The second-order valence-corrected chi connectivity index (χ2v) is 6.02. The number of carbonyl (C=O) groups excluding carboxylic acids is 1. The Morgan fingerprint density at radius 2 is 2.10 bits per heavy atom. The second kappa shape index (κ2) is 7.78. The molecule has 0 unspecified atom stereocenters. The van der Waals surface area contributed by atoms with Crippen LogP contribution in [0, 0.1) is 18.8 Å². The molecule has 0 aliphatic carbocycles. The Morgan fingerprint density at radius 1 is 1.38 bits per heavy atom. The summed E-state index contributed by atoms with van der Waals surface area (Å²) in [5.74, 6) is 5.02. The van der Waals surface area contributed by atoms with Gasteiger partial charge in [-0.3, -0.25) is 4.79 Å². The SMILES string of the molecule is CNC(=O)CCNS(=O)(=O)c1ccc(C#CCO)c(C)c1. The second-order valence-electron chi connectivity index (χ2n) is 4.26. The van der Waals surface area contributed by atoms with Crippen LogP contribution in [0.3, 0.4) is 0 Å². The summed E-state index contributed by atoms with van der Waals surface area (Å²) >= 11 is 0. The normalized spacial score (nSPS) is 10.6. The fourth-order valence-corrected chi connectivity index (χ4v) is 2.70. The first-order valence-electron chi connectivity index (χ1n) is 6.31. The van der Waals surface area contributed by atoms with Gasteiger partial charge in [0.1, 0.15) is 6.61 Å². The highest BCUT2D eigenvalue weighted by Crippen LogP contribution is 2.14. The minimum Gasteiger partial charge on any atom is -0.384 e. The standard InChI is InChI=1S/C14H18N2O4S/c1-11-10-13(6-5-12(11)4-3-9-17)21(19,20)16-8-7-14(18)15-2/h5-6,10,16-17H,7-9H2,1-2H3,(H,15,18). The zero-order valence-electron chi connectivity index (χ0n) is 11.9. The van der Waals surface area contributed by atoms with Crippen LogP contribution in [0.1, 0.15) is 17.5 Å². The molecule has 0 saturated heterocycles. The van der Waals surface area contributed by atoms with E-state index in [1.54, 1.807) is 13.0 Å². The highest BCUT2D eigenvalue weighted by Gasteiger charge is 2.14. The third kappa shape index (κ3) is 5.19. The van der Waals surface area contributed by atoms with Gasteiger partial charge in [0, 0.05) is 25.6 Å². The highest BCUT2D eigenvalue weighted by molar-refractivity contribution is 7.89. The molecule has 0 saturated carbocycles. The smallest absolute Gasteiger partial charge is 0.240 e. The molecule has 1 aromatic rings. The van der Waals surface area contributed by atoms with Crippen LogP contribution in [0.15, 0.2) is 23.1 Å². The van der Waals surface area contributed by atoms with Gasteiger partial charge in [0.05, 0.1) is 4.90 Å². The summed E-state index contributed by atoms with van der Waals surface area (Å²) in [6, 6.07) is 4.53. The summed E-state index contributed by atoms with van der Waals surface area (Å²) in [5, 5.41) is 11.1. The number of hydrogen-bond acceptors (Lipinski definition) is 4. The van der Waals surface area contributed by atoms with Crippen LogP contribution in [-0.4, -0.2) is 39.6 Å². The Balaban J connectivity index is 2.84. The molecule has 114 valence electrons. The molecule has 0 aromatic heterocycles. The Morgan fingerprint density at radius 3 is 2.67 bits per heavy atom. The van der Waals surface area contributed by atoms with E-state index in [2.05, 4.69) is 21.9 Å². The van der Waals surface area contributed by atoms with Gasteiger partial charge in [-0.1, -0.05) is 11.8 Å². The lowest BCUT2D eigenvalue weighted by Crippen LogP contribution is -2.29. The molecule has 0 atom stereocenters. The quantitative estimate of drug-likeness (QED) is 0.654. The van der Waals surface area contributed by atoms with E-state index in [-0.39, 0.29) is 30.4 Å². The van der Waals surface area contributed by atoms with Crippen molar-refractivity contribution in [1.29, 1.82) is 0 Å². The van der Waals surface area contributed by atoms with E-state index in [9.17, 15) is 13.2 Å². The van der Waals surface area contributed by atoms with E-state index in [1.807, 2.05) is 0 Å². The Labute approximate surface area is 124 Å². The molecule has 6 nitrogen and oxygen atoms in total. The maximum absolute atomic E-state index is 12.1. The molecule has 0 aliphatic heterocycles. The van der Waals surface area contributed by atoms with Gasteiger partial charge in [-0.25, -0.2) is 13.1 Å². The lowest BCUT2D eigenvalue weighted by Gasteiger charge is -2.08. The molecule has 0 radical (unpaired) electrons. The zero-order valence-corrected chi connectivity index (χ0v) is 12.8. The van der Waals surface area contributed by atoms with Crippen LogP contribution in [-0.2, 0) is 14.8 Å². The Hall–Kier alpha value is -1.88. The molecule has 1 amide bonds. The average Bonchev–Trinajstić information content (AvgIpc) is 2.45. The molecule has 0 aliphatic rings. The van der Waals surface area contributed by atoms with Crippen LogP contribution in [0.25, 0.3) is 0 Å². The number of rotatable bonds is 5. The van der Waals surface area contributed by atoms with Crippen molar-refractivity contribution in [1.82, 2.24) is 10.0 Å². The number of benzene rings is 1. The van der Waals surface area contributed by atoms with Gasteiger partial charge >= 0.3 is 0 Å². The minimum absolute atomic E-state index is 0.0348. The summed E-state index contributed by atoms with van der Waals surface area (Å²) in [4.78, 5) is 11.2. The van der Waals surface area contributed by atoms with E-state index >= 15 is 0 Å². The topological polar surface area (TPSA) is 95.5 Å². The van der Waals surface area contributed by atoms with E-state index in [4.69, 9.17) is 5.11 Å². The maximum atomic E-state index is 12.1. The van der Waals surface area contributed by atoms with Crippen molar-refractivity contribution >= 4 is 15.9 Å².